The van der Waals surface area contributed by atoms with Crippen molar-refractivity contribution in [2.24, 2.45) is 0 Å². The average molecular weight is 257 g/mol. The van der Waals surface area contributed by atoms with E-state index in [1.165, 1.54) is 0 Å². The van der Waals surface area contributed by atoms with Gasteiger partial charge in [-0.2, -0.15) is 0 Å². The van der Waals surface area contributed by atoms with Gasteiger partial charge in [0.1, 0.15) is 0 Å². The maximum Gasteiger partial charge on any atom is 0.0777 e. The highest BCUT2D eigenvalue weighted by atomic mass is 16.5. The summed E-state index contributed by atoms with van der Waals surface area (Å²) in [5.41, 5.74) is 2.27. The van der Waals surface area contributed by atoms with E-state index in [-0.39, 0.29) is 0 Å². The van der Waals surface area contributed by atoms with E-state index in [9.17, 15) is 5.11 Å². The van der Waals surface area contributed by atoms with Crippen LogP contribution in [0.25, 0.3) is 0 Å². The van der Waals surface area contributed by atoms with Gasteiger partial charge in [0.05, 0.1) is 19.3 Å². The fourth-order valence-corrected chi connectivity index (χ4v) is 1.85. The van der Waals surface area contributed by atoms with E-state index < -0.39 is 6.10 Å². The summed E-state index contributed by atoms with van der Waals surface area (Å²) < 4.78 is 5.50. The van der Waals surface area contributed by atoms with Crippen molar-refractivity contribution in [2.75, 3.05) is 6.61 Å². The Balaban J connectivity index is 1.64. The second kappa shape index (κ2) is 7.67. The molecule has 0 aliphatic carbocycles. The lowest BCUT2D eigenvalue weighted by Gasteiger charge is -2.11. The van der Waals surface area contributed by atoms with Gasteiger partial charge in [0.25, 0.3) is 0 Å². The standard InChI is InChI=1S/C16H19NO2/c18-16(9-8-14-7-4-10-17-11-14)13-19-12-15-5-2-1-3-6-15/h1-7,10-11,16,18H,8-9,12-13H2. The molecule has 1 atom stereocenters. The molecule has 0 bridgehead atoms. The molecule has 19 heavy (non-hydrogen) atoms. The number of hydrogen-bond acceptors (Lipinski definition) is 3. The first-order chi connectivity index (χ1) is 9.34. The summed E-state index contributed by atoms with van der Waals surface area (Å²) in [6.07, 6.45) is 4.67. The number of aryl methyl sites for hydroxylation is 1. The fourth-order valence-electron chi connectivity index (χ4n) is 1.85. The molecule has 0 aliphatic rings. The molecule has 0 saturated carbocycles. The lowest BCUT2D eigenvalue weighted by Crippen LogP contribution is -2.16. The van der Waals surface area contributed by atoms with Crippen LogP contribution >= 0.6 is 0 Å². The lowest BCUT2D eigenvalue weighted by atomic mass is 10.1. The van der Waals surface area contributed by atoms with Gasteiger partial charge in [0, 0.05) is 12.4 Å². The SMILES string of the molecule is OC(CCc1cccnc1)COCc1ccccc1. The molecule has 1 aromatic carbocycles. The van der Waals surface area contributed by atoms with Crippen LogP contribution in [0.2, 0.25) is 0 Å². The quantitative estimate of drug-likeness (QED) is 0.829. The van der Waals surface area contributed by atoms with Crippen molar-refractivity contribution in [3.63, 3.8) is 0 Å². The normalized spacial score (nSPS) is 12.3. The lowest BCUT2D eigenvalue weighted by molar-refractivity contribution is 0.0247. The van der Waals surface area contributed by atoms with Gasteiger partial charge < -0.3 is 9.84 Å². The number of hydrogen-bond donors (Lipinski definition) is 1. The Bertz CT molecular complexity index is 459. The van der Waals surface area contributed by atoms with Crippen LogP contribution in [0.1, 0.15) is 17.5 Å². The Hall–Kier alpha value is -1.71. The fraction of sp³-hybridized carbons (Fsp3) is 0.312. The predicted molar refractivity (Wildman–Crippen MR) is 74.7 cm³/mol. The molecule has 3 nitrogen and oxygen atoms in total. The first kappa shape index (κ1) is 13.7. The maximum atomic E-state index is 9.84. The van der Waals surface area contributed by atoms with Gasteiger partial charge in [-0.25, -0.2) is 0 Å². The number of ether oxygens (including phenoxy) is 1. The molecule has 0 aliphatic heterocycles. The van der Waals surface area contributed by atoms with E-state index in [4.69, 9.17) is 4.74 Å². The van der Waals surface area contributed by atoms with E-state index in [0.717, 1.165) is 17.5 Å². The number of aliphatic hydroxyl groups excluding tert-OH is 1. The smallest absolute Gasteiger partial charge is 0.0777 e. The largest absolute Gasteiger partial charge is 0.391 e. The van der Waals surface area contributed by atoms with E-state index in [1.54, 1.807) is 6.20 Å². The Kier molecular flexibility index (Phi) is 5.53. The van der Waals surface area contributed by atoms with Crippen LogP contribution in [0, 0.1) is 0 Å². The predicted octanol–water partition coefficient (Wildman–Crippen LogP) is 2.59. The van der Waals surface area contributed by atoms with Gasteiger partial charge in [0.15, 0.2) is 0 Å². The summed E-state index contributed by atoms with van der Waals surface area (Å²) in [5.74, 6) is 0. The van der Waals surface area contributed by atoms with Crippen molar-refractivity contribution >= 4 is 0 Å². The van der Waals surface area contributed by atoms with Crippen molar-refractivity contribution < 1.29 is 9.84 Å². The zero-order chi connectivity index (χ0) is 13.3. The van der Waals surface area contributed by atoms with Crippen LogP contribution in [0.4, 0.5) is 0 Å². The van der Waals surface area contributed by atoms with Crippen molar-refractivity contribution in [1.82, 2.24) is 4.98 Å². The van der Waals surface area contributed by atoms with Gasteiger partial charge in [0.2, 0.25) is 0 Å². The highest BCUT2D eigenvalue weighted by Crippen LogP contribution is 2.05. The van der Waals surface area contributed by atoms with Crippen LogP contribution in [0.5, 0.6) is 0 Å². The zero-order valence-electron chi connectivity index (χ0n) is 10.9. The molecule has 1 heterocycles. The number of nitrogens with zero attached hydrogens (tertiary/aromatic N) is 1. The molecular formula is C16H19NO2. The molecule has 1 unspecified atom stereocenters. The first-order valence-corrected chi connectivity index (χ1v) is 6.53. The molecule has 1 aromatic heterocycles. The highest BCUT2D eigenvalue weighted by Gasteiger charge is 2.05. The number of aliphatic hydroxyl groups is 1. The topological polar surface area (TPSA) is 42.4 Å². The van der Waals surface area contributed by atoms with Crippen LogP contribution in [0.15, 0.2) is 54.9 Å². The van der Waals surface area contributed by atoms with Gasteiger partial charge >= 0.3 is 0 Å². The van der Waals surface area contributed by atoms with Gasteiger partial charge in [-0.3, -0.25) is 4.98 Å². The van der Waals surface area contributed by atoms with Crippen molar-refractivity contribution in [3.8, 4) is 0 Å². The number of benzene rings is 1. The molecular weight excluding hydrogens is 238 g/mol. The molecule has 0 amide bonds. The maximum absolute atomic E-state index is 9.84. The van der Waals surface area contributed by atoms with Crippen LogP contribution in [0.3, 0.4) is 0 Å². The van der Waals surface area contributed by atoms with Crippen molar-refractivity contribution in [1.29, 1.82) is 0 Å². The number of rotatable bonds is 7. The second-order valence-electron chi connectivity index (χ2n) is 4.55. The second-order valence-corrected chi connectivity index (χ2v) is 4.55. The third kappa shape index (κ3) is 5.20. The summed E-state index contributed by atoms with van der Waals surface area (Å²) in [7, 11) is 0. The van der Waals surface area contributed by atoms with E-state index in [1.807, 2.05) is 48.7 Å². The zero-order valence-corrected chi connectivity index (χ0v) is 10.9. The number of aromatic nitrogens is 1. The van der Waals surface area contributed by atoms with E-state index in [2.05, 4.69) is 4.98 Å². The summed E-state index contributed by atoms with van der Waals surface area (Å²) >= 11 is 0. The third-order valence-corrected chi connectivity index (χ3v) is 2.91. The van der Waals surface area contributed by atoms with Crippen molar-refractivity contribution in [2.45, 2.75) is 25.6 Å². The molecule has 2 rings (SSSR count). The molecule has 2 aromatic rings. The minimum Gasteiger partial charge on any atom is -0.391 e. The molecule has 1 N–H and O–H groups in total. The first-order valence-electron chi connectivity index (χ1n) is 6.53. The Morgan fingerprint density at radius 2 is 1.84 bits per heavy atom. The minimum atomic E-state index is -0.427. The number of pyridine rings is 1. The summed E-state index contributed by atoms with van der Waals surface area (Å²) in [5, 5.41) is 9.84. The molecule has 0 fully saturated rings. The highest BCUT2D eigenvalue weighted by molar-refractivity contribution is 5.13. The van der Waals surface area contributed by atoms with Gasteiger partial charge in [-0.15, -0.1) is 0 Å². The van der Waals surface area contributed by atoms with Crippen LogP contribution in [-0.4, -0.2) is 22.8 Å². The van der Waals surface area contributed by atoms with Crippen LogP contribution in [-0.2, 0) is 17.8 Å². The summed E-state index contributed by atoms with van der Waals surface area (Å²) in [6.45, 7) is 0.917. The Morgan fingerprint density at radius 1 is 1.05 bits per heavy atom. The Morgan fingerprint density at radius 3 is 2.58 bits per heavy atom. The summed E-state index contributed by atoms with van der Waals surface area (Å²) in [4.78, 5) is 4.05. The van der Waals surface area contributed by atoms with Crippen LogP contribution < -0.4 is 0 Å². The van der Waals surface area contributed by atoms with E-state index in [0.29, 0.717) is 19.6 Å². The molecule has 3 heteroatoms. The monoisotopic (exact) mass is 257 g/mol. The molecule has 100 valence electrons. The van der Waals surface area contributed by atoms with E-state index >= 15 is 0 Å². The average Bonchev–Trinajstić information content (AvgIpc) is 2.47. The molecule has 0 radical (unpaired) electrons. The molecule has 0 saturated heterocycles. The Labute approximate surface area is 113 Å². The summed E-state index contributed by atoms with van der Waals surface area (Å²) in [6, 6.07) is 13.9. The van der Waals surface area contributed by atoms with Crippen molar-refractivity contribution in [3.05, 3.63) is 66.0 Å². The minimum absolute atomic E-state index is 0.370. The van der Waals surface area contributed by atoms with Gasteiger partial charge in [-0.1, -0.05) is 36.4 Å². The third-order valence-electron chi connectivity index (χ3n) is 2.91. The van der Waals surface area contributed by atoms with Gasteiger partial charge in [-0.05, 0) is 30.0 Å². The molecule has 0 spiro atoms.